The SMILES string of the molecule is C/C=C1\C(=N)C=CC=C1C=O. The molecule has 1 aliphatic rings. The Morgan fingerprint density at radius 3 is 2.73 bits per heavy atom. The van der Waals surface area contributed by atoms with E-state index in [2.05, 4.69) is 0 Å². The Morgan fingerprint density at radius 2 is 2.27 bits per heavy atom. The second-order valence-electron chi connectivity index (χ2n) is 2.22. The van der Waals surface area contributed by atoms with E-state index in [4.69, 9.17) is 5.41 Å². The summed E-state index contributed by atoms with van der Waals surface area (Å²) >= 11 is 0. The highest BCUT2D eigenvalue weighted by molar-refractivity contribution is 6.15. The van der Waals surface area contributed by atoms with Crippen molar-refractivity contribution in [3.05, 3.63) is 35.5 Å². The van der Waals surface area contributed by atoms with Crippen molar-refractivity contribution in [3.8, 4) is 0 Å². The fraction of sp³-hybridized carbons (Fsp3) is 0.111. The highest BCUT2D eigenvalue weighted by atomic mass is 16.1. The maximum atomic E-state index is 10.4. The van der Waals surface area contributed by atoms with Crippen molar-refractivity contribution in [1.29, 1.82) is 5.41 Å². The Morgan fingerprint density at radius 1 is 1.55 bits per heavy atom. The van der Waals surface area contributed by atoms with Crippen molar-refractivity contribution >= 4 is 12.0 Å². The molecule has 0 unspecified atom stereocenters. The number of rotatable bonds is 1. The minimum atomic E-state index is 0.400. The lowest BCUT2D eigenvalue weighted by Gasteiger charge is -2.07. The average molecular weight is 147 g/mol. The molecule has 56 valence electrons. The van der Waals surface area contributed by atoms with Crippen molar-refractivity contribution in [2.24, 2.45) is 0 Å². The Kier molecular flexibility index (Phi) is 2.16. The molecular formula is C9H9NO. The monoisotopic (exact) mass is 147 g/mol. The average Bonchev–Trinajstić information content (AvgIpc) is 2.04. The van der Waals surface area contributed by atoms with Gasteiger partial charge in [0, 0.05) is 11.1 Å². The molecule has 1 rings (SSSR count). The maximum Gasteiger partial charge on any atom is 0.150 e. The molecule has 0 aromatic rings. The van der Waals surface area contributed by atoms with Gasteiger partial charge in [-0.2, -0.15) is 0 Å². The molecule has 2 heteroatoms. The quantitative estimate of drug-likeness (QED) is 0.563. The first-order chi connectivity index (χ1) is 5.29. The van der Waals surface area contributed by atoms with Gasteiger partial charge in [0.2, 0.25) is 0 Å². The fourth-order valence-electron chi connectivity index (χ4n) is 1.01. The molecule has 0 atom stereocenters. The molecule has 11 heavy (non-hydrogen) atoms. The van der Waals surface area contributed by atoms with Crippen molar-refractivity contribution in [2.45, 2.75) is 6.92 Å². The van der Waals surface area contributed by atoms with Crippen molar-refractivity contribution < 1.29 is 4.79 Å². The van der Waals surface area contributed by atoms with Crippen LogP contribution in [0.4, 0.5) is 0 Å². The van der Waals surface area contributed by atoms with Crippen LogP contribution in [0.1, 0.15) is 6.92 Å². The molecule has 0 fully saturated rings. The number of carbonyl (C=O) groups excluding carboxylic acids is 1. The number of hydrogen-bond donors (Lipinski definition) is 1. The third-order valence-corrected chi connectivity index (χ3v) is 1.56. The van der Waals surface area contributed by atoms with E-state index >= 15 is 0 Å². The smallest absolute Gasteiger partial charge is 0.150 e. The molecule has 0 amide bonds. The van der Waals surface area contributed by atoms with Gasteiger partial charge in [0.1, 0.15) is 0 Å². The van der Waals surface area contributed by atoms with Crippen LogP contribution in [0.5, 0.6) is 0 Å². The van der Waals surface area contributed by atoms with Crippen molar-refractivity contribution in [3.63, 3.8) is 0 Å². The van der Waals surface area contributed by atoms with Gasteiger partial charge in [-0.05, 0) is 13.0 Å². The van der Waals surface area contributed by atoms with Gasteiger partial charge in [0.05, 0.1) is 5.71 Å². The third-order valence-electron chi connectivity index (χ3n) is 1.56. The molecule has 2 nitrogen and oxygen atoms in total. The first-order valence-corrected chi connectivity index (χ1v) is 3.38. The number of nitrogens with one attached hydrogen (secondary N) is 1. The normalized spacial score (nSPS) is 20.3. The van der Waals surface area contributed by atoms with Crippen LogP contribution >= 0.6 is 0 Å². The molecule has 0 aromatic carbocycles. The topological polar surface area (TPSA) is 40.9 Å². The van der Waals surface area contributed by atoms with Gasteiger partial charge < -0.3 is 5.41 Å². The van der Waals surface area contributed by atoms with E-state index in [0.717, 1.165) is 6.29 Å². The molecular weight excluding hydrogens is 138 g/mol. The summed E-state index contributed by atoms with van der Waals surface area (Å²) in [7, 11) is 0. The Bertz CT molecular complexity index is 282. The lowest BCUT2D eigenvalue weighted by Crippen LogP contribution is -2.04. The summed E-state index contributed by atoms with van der Waals surface area (Å²) in [6, 6.07) is 0. The zero-order valence-electron chi connectivity index (χ0n) is 6.29. The molecule has 0 aliphatic heterocycles. The standard InChI is InChI=1S/C9H9NO/c1-2-8-7(6-11)4-3-5-9(8)10/h2-6,10H,1H3/b8-2-,10-9?. The van der Waals surface area contributed by atoms with Crippen LogP contribution in [0.25, 0.3) is 0 Å². The van der Waals surface area contributed by atoms with Crippen LogP contribution in [-0.2, 0) is 4.79 Å². The van der Waals surface area contributed by atoms with Gasteiger partial charge in [0.15, 0.2) is 6.29 Å². The van der Waals surface area contributed by atoms with Gasteiger partial charge in [-0.3, -0.25) is 4.79 Å². The second kappa shape index (κ2) is 3.10. The van der Waals surface area contributed by atoms with Crippen LogP contribution < -0.4 is 0 Å². The minimum Gasteiger partial charge on any atom is -0.300 e. The molecule has 0 heterocycles. The second-order valence-corrected chi connectivity index (χ2v) is 2.22. The lowest BCUT2D eigenvalue weighted by atomic mass is 9.97. The van der Waals surface area contributed by atoms with Crippen LogP contribution in [0.2, 0.25) is 0 Å². The number of carbonyl (C=O) groups is 1. The molecule has 0 aromatic heterocycles. The predicted octanol–water partition coefficient (Wildman–Crippen LogP) is 1.65. The first-order valence-electron chi connectivity index (χ1n) is 3.38. The zero-order valence-corrected chi connectivity index (χ0v) is 6.29. The van der Waals surface area contributed by atoms with Gasteiger partial charge in [-0.15, -0.1) is 0 Å². The summed E-state index contributed by atoms with van der Waals surface area (Å²) in [5.74, 6) is 0. The van der Waals surface area contributed by atoms with E-state index in [1.807, 2.05) is 6.92 Å². The Labute approximate surface area is 65.4 Å². The minimum absolute atomic E-state index is 0.400. The largest absolute Gasteiger partial charge is 0.300 e. The molecule has 0 saturated heterocycles. The summed E-state index contributed by atoms with van der Waals surface area (Å²) in [5, 5.41) is 7.42. The van der Waals surface area contributed by atoms with Crippen LogP contribution in [0.3, 0.4) is 0 Å². The van der Waals surface area contributed by atoms with Crippen molar-refractivity contribution in [1.82, 2.24) is 0 Å². The van der Waals surface area contributed by atoms with Gasteiger partial charge in [-0.1, -0.05) is 18.2 Å². The molecule has 1 aliphatic carbocycles. The fourth-order valence-corrected chi connectivity index (χ4v) is 1.01. The molecule has 0 radical (unpaired) electrons. The Hall–Kier alpha value is -1.44. The van der Waals surface area contributed by atoms with Gasteiger partial charge in [0.25, 0.3) is 0 Å². The summed E-state index contributed by atoms with van der Waals surface area (Å²) in [6.07, 6.45) is 7.63. The zero-order chi connectivity index (χ0) is 8.27. The van der Waals surface area contributed by atoms with Crippen LogP contribution in [-0.4, -0.2) is 12.0 Å². The molecule has 0 saturated carbocycles. The van der Waals surface area contributed by atoms with Crippen molar-refractivity contribution in [2.75, 3.05) is 0 Å². The van der Waals surface area contributed by atoms with E-state index in [9.17, 15) is 4.79 Å². The van der Waals surface area contributed by atoms with E-state index in [-0.39, 0.29) is 0 Å². The molecule has 0 spiro atoms. The van der Waals surface area contributed by atoms with E-state index in [1.54, 1.807) is 24.3 Å². The summed E-state index contributed by atoms with van der Waals surface area (Å²) in [6.45, 7) is 1.82. The third kappa shape index (κ3) is 1.34. The first kappa shape index (κ1) is 7.66. The van der Waals surface area contributed by atoms with E-state index < -0.39 is 0 Å². The summed E-state index contributed by atoms with van der Waals surface area (Å²) in [5.41, 5.74) is 1.69. The highest BCUT2D eigenvalue weighted by Gasteiger charge is 2.08. The highest BCUT2D eigenvalue weighted by Crippen LogP contribution is 2.14. The molecule has 0 bridgehead atoms. The summed E-state index contributed by atoms with van der Waals surface area (Å²) in [4.78, 5) is 10.4. The van der Waals surface area contributed by atoms with Crippen LogP contribution in [0.15, 0.2) is 35.5 Å². The van der Waals surface area contributed by atoms with Gasteiger partial charge in [-0.25, -0.2) is 0 Å². The van der Waals surface area contributed by atoms with E-state index in [0.29, 0.717) is 16.9 Å². The maximum absolute atomic E-state index is 10.4. The van der Waals surface area contributed by atoms with E-state index in [1.165, 1.54) is 0 Å². The number of allylic oxidation sites excluding steroid dienone is 6. The molecule has 1 N–H and O–H groups in total. The lowest BCUT2D eigenvalue weighted by molar-refractivity contribution is -0.104. The number of aldehydes is 1. The van der Waals surface area contributed by atoms with Crippen LogP contribution in [0, 0.1) is 5.41 Å². The number of hydrogen-bond acceptors (Lipinski definition) is 2. The van der Waals surface area contributed by atoms with Gasteiger partial charge >= 0.3 is 0 Å². The Balaban J connectivity index is 3.10. The predicted molar refractivity (Wildman–Crippen MR) is 44.8 cm³/mol. The summed E-state index contributed by atoms with van der Waals surface area (Å²) < 4.78 is 0.